The lowest BCUT2D eigenvalue weighted by Crippen LogP contribution is -2.22. The maximum Gasteiger partial charge on any atom is 0.266 e. The number of nitrogens with one attached hydrogen (secondary N) is 1. The standard InChI is InChI=1S/C23H21N3O4S/c1-16-24-22-13-8-18(25-31(28,29)15-17-6-4-3-5-7-17)14-21(22)23(27)26(16)19-9-11-20(30-2)12-10-19/h3-14,25H,15H2,1-2H3. The third-order valence-electron chi connectivity index (χ3n) is 4.84. The van der Waals surface area contributed by atoms with Gasteiger partial charge < -0.3 is 4.74 Å². The summed E-state index contributed by atoms with van der Waals surface area (Å²) >= 11 is 0. The number of hydrogen-bond donors (Lipinski definition) is 1. The second kappa shape index (κ2) is 8.23. The molecule has 0 spiro atoms. The zero-order chi connectivity index (χ0) is 22.0. The SMILES string of the molecule is COc1ccc(-n2c(C)nc3ccc(NS(=O)(=O)Cc4ccccc4)cc3c2=O)cc1. The first-order chi connectivity index (χ1) is 14.9. The van der Waals surface area contributed by atoms with Crippen LogP contribution in [-0.2, 0) is 15.8 Å². The Morgan fingerprint density at radius 3 is 2.39 bits per heavy atom. The van der Waals surface area contributed by atoms with Crippen LogP contribution in [-0.4, -0.2) is 25.1 Å². The molecule has 0 radical (unpaired) electrons. The summed E-state index contributed by atoms with van der Waals surface area (Å²) < 4.78 is 34.4. The predicted molar refractivity (Wildman–Crippen MR) is 121 cm³/mol. The first kappa shape index (κ1) is 20.6. The van der Waals surface area contributed by atoms with E-state index >= 15 is 0 Å². The number of aromatic nitrogens is 2. The second-order valence-electron chi connectivity index (χ2n) is 7.08. The molecule has 0 atom stereocenters. The molecule has 1 heterocycles. The monoisotopic (exact) mass is 435 g/mol. The summed E-state index contributed by atoms with van der Waals surface area (Å²) in [6, 6.07) is 20.7. The molecule has 0 aliphatic carbocycles. The van der Waals surface area contributed by atoms with Gasteiger partial charge in [-0.2, -0.15) is 0 Å². The fourth-order valence-electron chi connectivity index (χ4n) is 3.40. The second-order valence-corrected chi connectivity index (χ2v) is 8.80. The van der Waals surface area contributed by atoms with Crippen molar-refractivity contribution < 1.29 is 13.2 Å². The van der Waals surface area contributed by atoms with Crippen molar-refractivity contribution >= 4 is 26.6 Å². The van der Waals surface area contributed by atoms with Gasteiger partial charge in [-0.25, -0.2) is 13.4 Å². The van der Waals surface area contributed by atoms with E-state index in [0.29, 0.717) is 39.4 Å². The first-order valence-electron chi connectivity index (χ1n) is 9.58. The number of nitrogens with zero attached hydrogens (tertiary/aromatic N) is 2. The van der Waals surface area contributed by atoms with E-state index in [0.717, 1.165) is 0 Å². The number of fused-ring (bicyclic) bond motifs is 1. The molecule has 0 aliphatic rings. The molecule has 31 heavy (non-hydrogen) atoms. The van der Waals surface area contributed by atoms with Crippen LogP contribution in [0.3, 0.4) is 0 Å². The Bertz CT molecular complexity index is 1400. The topological polar surface area (TPSA) is 90.3 Å². The molecule has 158 valence electrons. The van der Waals surface area contributed by atoms with Crippen LogP contribution in [0.4, 0.5) is 5.69 Å². The number of anilines is 1. The van der Waals surface area contributed by atoms with Crippen LogP contribution >= 0.6 is 0 Å². The van der Waals surface area contributed by atoms with Gasteiger partial charge in [-0.1, -0.05) is 30.3 Å². The molecule has 8 heteroatoms. The van der Waals surface area contributed by atoms with Crippen molar-refractivity contribution in [3.05, 3.63) is 94.5 Å². The van der Waals surface area contributed by atoms with E-state index < -0.39 is 10.0 Å². The zero-order valence-corrected chi connectivity index (χ0v) is 17.9. The summed E-state index contributed by atoms with van der Waals surface area (Å²) in [5.41, 5.74) is 1.85. The summed E-state index contributed by atoms with van der Waals surface area (Å²) in [6.45, 7) is 1.75. The van der Waals surface area contributed by atoms with E-state index in [1.807, 2.05) is 6.07 Å². The summed E-state index contributed by atoms with van der Waals surface area (Å²) in [7, 11) is -2.07. The van der Waals surface area contributed by atoms with Crippen molar-refractivity contribution in [3.63, 3.8) is 0 Å². The van der Waals surface area contributed by atoms with Gasteiger partial charge in [0, 0.05) is 5.69 Å². The number of methoxy groups -OCH3 is 1. The molecule has 0 saturated heterocycles. The molecule has 1 N–H and O–H groups in total. The molecular weight excluding hydrogens is 414 g/mol. The van der Waals surface area contributed by atoms with Gasteiger partial charge >= 0.3 is 0 Å². The Labute approximate surface area is 180 Å². The van der Waals surface area contributed by atoms with Gasteiger partial charge in [-0.15, -0.1) is 0 Å². The molecule has 0 fully saturated rings. The summed E-state index contributed by atoms with van der Waals surface area (Å²) in [5, 5.41) is 0.321. The van der Waals surface area contributed by atoms with Gasteiger partial charge in [-0.05, 0) is 55.0 Å². The number of rotatable bonds is 6. The van der Waals surface area contributed by atoms with Gasteiger partial charge in [-0.3, -0.25) is 14.1 Å². The average Bonchev–Trinajstić information content (AvgIpc) is 2.75. The number of benzene rings is 3. The van der Waals surface area contributed by atoms with Gasteiger partial charge in [0.05, 0.1) is 29.5 Å². The quantitative estimate of drug-likeness (QED) is 0.499. The minimum atomic E-state index is -3.64. The Morgan fingerprint density at radius 1 is 1.00 bits per heavy atom. The number of aryl methyl sites for hydroxylation is 1. The van der Waals surface area contributed by atoms with Crippen LogP contribution in [0.5, 0.6) is 5.75 Å². The lowest BCUT2D eigenvalue weighted by atomic mass is 10.2. The van der Waals surface area contributed by atoms with Crippen LogP contribution in [0.1, 0.15) is 11.4 Å². The summed E-state index contributed by atoms with van der Waals surface area (Å²) in [6.07, 6.45) is 0. The van der Waals surface area contributed by atoms with E-state index in [1.54, 1.807) is 74.7 Å². The van der Waals surface area contributed by atoms with Gasteiger partial charge in [0.25, 0.3) is 5.56 Å². The molecule has 0 saturated carbocycles. The Kier molecular flexibility index (Phi) is 5.48. The molecule has 4 aromatic rings. The van der Waals surface area contributed by atoms with Gasteiger partial charge in [0.1, 0.15) is 11.6 Å². The number of sulfonamides is 1. The van der Waals surface area contributed by atoms with Crippen LogP contribution in [0.15, 0.2) is 77.6 Å². The van der Waals surface area contributed by atoms with E-state index in [2.05, 4.69) is 9.71 Å². The summed E-state index contributed by atoms with van der Waals surface area (Å²) in [5.74, 6) is 1.05. The van der Waals surface area contributed by atoms with Crippen molar-refractivity contribution in [2.45, 2.75) is 12.7 Å². The molecule has 0 aliphatic heterocycles. The lowest BCUT2D eigenvalue weighted by Gasteiger charge is -2.13. The maximum absolute atomic E-state index is 13.2. The summed E-state index contributed by atoms with van der Waals surface area (Å²) in [4.78, 5) is 17.7. The molecule has 7 nitrogen and oxygen atoms in total. The highest BCUT2D eigenvalue weighted by Gasteiger charge is 2.15. The van der Waals surface area contributed by atoms with Crippen LogP contribution in [0.25, 0.3) is 16.6 Å². The van der Waals surface area contributed by atoms with Crippen LogP contribution < -0.4 is 15.0 Å². The van der Waals surface area contributed by atoms with Crippen molar-refractivity contribution in [1.82, 2.24) is 9.55 Å². The van der Waals surface area contributed by atoms with Crippen molar-refractivity contribution in [3.8, 4) is 11.4 Å². The van der Waals surface area contributed by atoms with Gasteiger partial charge in [0.15, 0.2) is 0 Å². The average molecular weight is 436 g/mol. The van der Waals surface area contributed by atoms with Gasteiger partial charge in [0.2, 0.25) is 10.0 Å². The zero-order valence-electron chi connectivity index (χ0n) is 17.1. The van der Waals surface area contributed by atoms with Crippen molar-refractivity contribution in [2.75, 3.05) is 11.8 Å². The molecule has 0 bridgehead atoms. The maximum atomic E-state index is 13.2. The van der Waals surface area contributed by atoms with E-state index in [9.17, 15) is 13.2 Å². The highest BCUT2D eigenvalue weighted by Crippen LogP contribution is 2.20. The van der Waals surface area contributed by atoms with Crippen LogP contribution in [0, 0.1) is 6.92 Å². The Hall–Kier alpha value is -3.65. The minimum Gasteiger partial charge on any atom is -0.497 e. The van der Waals surface area contributed by atoms with E-state index in [-0.39, 0.29) is 11.3 Å². The Balaban J connectivity index is 1.72. The van der Waals surface area contributed by atoms with E-state index in [1.165, 1.54) is 10.6 Å². The Morgan fingerprint density at radius 2 is 1.71 bits per heavy atom. The highest BCUT2D eigenvalue weighted by atomic mass is 32.2. The molecular formula is C23H21N3O4S. The third kappa shape index (κ3) is 4.44. The fourth-order valence-corrected chi connectivity index (χ4v) is 4.59. The van der Waals surface area contributed by atoms with E-state index in [4.69, 9.17) is 4.74 Å². The lowest BCUT2D eigenvalue weighted by molar-refractivity contribution is 0.414. The fraction of sp³-hybridized carbons (Fsp3) is 0.130. The van der Waals surface area contributed by atoms with Crippen molar-refractivity contribution in [2.24, 2.45) is 0 Å². The number of ether oxygens (including phenoxy) is 1. The smallest absolute Gasteiger partial charge is 0.266 e. The third-order valence-corrected chi connectivity index (χ3v) is 6.10. The number of hydrogen-bond acceptors (Lipinski definition) is 5. The molecule has 0 unspecified atom stereocenters. The molecule has 1 aromatic heterocycles. The normalized spacial score (nSPS) is 11.4. The van der Waals surface area contributed by atoms with Crippen molar-refractivity contribution in [1.29, 1.82) is 0 Å². The molecule has 0 amide bonds. The molecule has 3 aromatic carbocycles. The first-order valence-corrected chi connectivity index (χ1v) is 11.2. The minimum absolute atomic E-state index is 0.159. The molecule has 4 rings (SSSR count). The largest absolute Gasteiger partial charge is 0.497 e. The predicted octanol–water partition coefficient (Wildman–Crippen LogP) is 3.64. The highest BCUT2D eigenvalue weighted by molar-refractivity contribution is 7.91. The van der Waals surface area contributed by atoms with Crippen LogP contribution in [0.2, 0.25) is 0 Å².